The van der Waals surface area contributed by atoms with Crippen molar-refractivity contribution in [2.24, 2.45) is 0 Å². The zero-order chi connectivity index (χ0) is 10.3. The molecular formula is C8H7BClNO2S. The van der Waals surface area contributed by atoms with Crippen LogP contribution in [0.15, 0.2) is 18.2 Å². The SMILES string of the molecule is Nc1cc(B(O)O)cc2sc(Cl)cc12. The van der Waals surface area contributed by atoms with Gasteiger partial charge in [0.05, 0.1) is 4.34 Å². The predicted molar refractivity (Wildman–Crippen MR) is 61.1 cm³/mol. The third-order valence-electron chi connectivity index (χ3n) is 1.96. The molecule has 0 aliphatic heterocycles. The summed E-state index contributed by atoms with van der Waals surface area (Å²) in [6.45, 7) is 0. The normalized spacial score (nSPS) is 10.8. The van der Waals surface area contributed by atoms with Gasteiger partial charge in [0.1, 0.15) is 0 Å². The number of rotatable bonds is 1. The molecule has 0 radical (unpaired) electrons. The second-order valence-electron chi connectivity index (χ2n) is 2.95. The third kappa shape index (κ3) is 1.59. The average Bonchev–Trinajstić information content (AvgIpc) is 2.45. The van der Waals surface area contributed by atoms with Gasteiger partial charge in [-0.3, -0.25) is 0 Å². The van der Waals surface area contributed by atoms with E-state index in [0.29, 0.717) is 15.5 Å². The number of fused-ring (bicyclic) bond motifs is 1. The van der Waals surface area contributed by atoms with E-state index < -0.39 is 7.12 Å². The summed E-state index contributed by atoms with van der Waals surface area (Å²) in [5.41, 5.74) is 6.62. The van der Waals surface area contributed by atoms with Gasteiger partial charge in [-0.2, -0.15) is 0 Å². The van der Waals surface area contributed by atoms with Crippen molar-refractivity contribution in [3.05, 3.63) is 22.5 Å². The minimum Gasteiger partial charge on any atom is -0.423 e. The van der Waals surface area contributed by atoms with Crippen LogP contribution in [0.2, 0.25) is 4.34 Å². The van der Waals surface area contributed by atoms with E-state index in [1.54, 1.807) is 12.1 Å². The number of halogens is 1. The molecule has 0 saturated carbocycles. The number of nitrogens with two attached hydrogens (primary N) is 1. The zero-order valence-electron chi connectivity index (χ0n) is 7.07. The molecule has 2 aromatic rings. The maximum atomic E-state index is 8.99. The number of nitrogen functional groups attached to an aromatic ring is 1. The van der Waals surface area contributed by atoms with Crippen LogP contribution < -0.4 is 11.2 Å². The van der Waals surface area contributed by atoms with E-state index in [0.717, 1.165) is 10.1 Å². The molecule has 0 amide bonds. The van der Waals surface area contributed by atoms with E-state index >= 15 is 0 Å². The monoisotopic (exact) mass is 227 g/mol. The molecule has 0 spiro atoms. The lowest BCUT2D eigenvalue weighted by Crippen LogP contribution is -2.29. The average molecular weight is 227 g/mol. The Kier molecular flexibility index (Phi) is 2.40. The predicted octanol–water partition coefficient (Wildman–Crippen LogP) is 0.817. The molecule has 1 aromatic heterocycles. The molecule has 1 aromatic carbocycles. The van der Waals surface area contributed by atoms with E-state index in [4.69, 9.17) is 27.4 Å². The molecule has 0 saturated heterocycles. The summed E-state index contributed by atoms with van der Waals surface area (Å²) in [4.78, 5) is 0. The Balaban J connectivity index is 2.71. The molecule has 72 valence electrons. The van der Waals surface area contributed by atoms with E-state index in [2.05, 4.69) is 0 Å². The highest BCUT2D eigenvalue weighted by Crippen LogP contribution is 2.31. The van der Waals surface area contributed by atoms with Crippen molar-refractivity contribution < 1.29 is 10.0 Å². The maximum absolute atomic E-state index is 8.99. The molecule has 1 heterocycles. The van der Waals surface area contributed by atoms with Crippen molar-refractivity contribution in [1.29, 1.82) is 0 Å². The molecular weight excluding hydrogens is 220 g/mol. The largest absolute Gasteiger partial charge is 0.488 e. The fraction of sp³-hybridized carbons (Fsp3) is 0. The minimum absolute atomic E-state index is 0.383. The summed E-state index contributed by atoms with van der Waals surface area (Å²) in [5, 5.41) is 18.8. The van der Waals surface area contributed by atoms with Crippen molar-refractivity contribution in [3.63, 3.8) is 0 Å². The second kappa shape index (κ2) is 3.44. The molecule has 4 N–H and O–H groups in total. The summed E-state index contributed by atoms with van der Waals surface area (Å²) in [5.74, 6) is 0. The van der Waals surface area contributed by atoms with Gasteiger partial charge in [0.15, 0.2) is 0 Å². The van der Waals surface area contributed by atoms with Crippen LogP contribution >= 0.6 is 22.9 Å². The van der Waals surface area contributed by atoms with Crippen molar-refractivity contribution in [2.45, 2.75) is 0 Å². The van der Waals surface area contributed by atoms with Crippen molar-refractivity contribution >= 4 is 51.3 Å². The summed E-state index contributed by atoms with van der Waals surface area (Å²) >= 11 is 7.19. The topological polar surface area (TPSA) is 66.5 Å². The van der Waals surface area contributed by atoms with Gasteiger partial charge in [0.25, 0.3) is 0 Å². The highest BCUT2D eigenvalue weighted by atomic mass is 35.5. The first-order valence-corrected chi connectivity index (χ1v) is 5.12. The maximum Gasteiger partial charge on any atom is 0.488 e. The smallest absolute Gasteiger partial charge is 0.423 e. The first-order chi connectivity index (χ1) is 6.58. The fourth-order valence-corrected chi connectivity index (χ4v) is 2.53. The van der Waals surface area contributed by atoms with Gasteiger partial charge >= 0.3 is 7.12 Å². The lowest BCUT2D eigenvalue weighted by Gasteiger charge is -2.01. The van der Waals surface area contributed by atoms with Crippen LogP contribution in [0.4, 0.5) is 5.69 Å². The van der Waals surface area contributed by atoms with Crippen LogP contribution in [-0.2, 0) is 0 Å². The molecule has 0 bridgehead atoms. The highest BCUT2D eigenvalue weighted by Gasteiger charge is 2.14. The van der Waals surface area contributed by atoms with Gasteiger partial charge in [-0.05, 0) is 23.7 Å². The Bertz CT molecular complexity index is 485. The number of anilines is 1. The van der Waals surface area contributed by atoms with Crippen LogP contribution in [0.25, 0.3) is 10.1 Å². The van der Waals surface area contributed by atoms with E-state index in [-0.39, 0.29) is 0 Å². The van der Waals surface area contributed by atoms with Crippen molar-refractivity contribution in [1.82, 2.24) is 0 Å². The zero-order valence-corrected chi connectivity index (χ0v) is 8.64. The summed E-state index contributed by atoms with van der Waals surface area (Å²) < 4.78 is 1.49. The summed E-state index contributed by atoms with van der Waals surface area (Å²) in [6.07, 6.45) is 0. The molecule has 0 aliphatic carbocycles. The minimum atomic E-state index is -1.50. The number of thiophene rings is 1. The van der Waals surface area contributed by atoms with E-state index in [1.165, 1.54) is 17.4 Å². The van der Waals surface area contributed by atoms with E-state index in [1.807, 2.05) is 0 Å². The number of hydrogen-bond donors (Lipinski definition) is 3. The molecule has 6 heteroatoms. The molecule has 0 unspecified atom stereocenters. The number of hydrogen-bond acceptors (Lipinski definition) is 4. The molecule has 14 heavy (non-hydrogen) atoms. The van der Waals surface area contributed by atoms with Crippen LogP contribution in [0.3, 0.4) is 0 Å². The number of benzene rings is 1. The highest BCUT2D eigenvalue weighted by molar-refractivity contribution is 7.22. The Morgan fingerprint density at radius 3 is 2.64 bits per heavy atom. The van der Waals surface area contributed by atoms with Crippen LogP contribution in [0.1, 0.15) is 0 Å². The standard InChI is InChI=1S/C8H7BClNO2S/c10-8-3-5-6(11)1-4(9(12)13)2-7(5)14-8/h1-3,12-13H,11H2. The second-order valence-corrected chi connectivity index (χ2v) is 4.66. The van der Waals surface area contributed by atoms with Crippen molar-refractivity contribution in [3.8, 4) is 0 Å². The lowest BCUT2D eigenvalue weighted by molar-refractivity contribution is 0.426. The van der Waals surface area contributed by atoms with Crippen LogP contribution in [-0.4, -0.2) is 17.2 Å². The first-order valence-electron chi connectivity index (χ1n) is 3.92. The Morgan fingerprint density at radius 1 is 1.29 bits per heavy atom. The van der Waals surface area contributed by atoms with E-state index in [9.17, 15) is 0 Å². The Hall–Kier alpha value is -0.745. The molecule has 2 rings (SSSR count). The molecule has 0 atom stereocenters. The quantitative estimate of drug-likeness (QED) is 0.499. The van der Waals surface area contributed by atoms with Crippen LogP contribution in [0.5, 0.6) is 0 Å². The van der Waals surface area contributed by atoms with Gasteiger partial charge in [-0.15, -0.1) is 11.3 Å². The van der Waals surface area contributed by atoms with Gasteiger partial charge < -0.3 is 15.8 Å². The fourth-order valence-electron chi connectivity index (χ4n) is 1.31. The van der Waals surface area contributed by atoms with Crippen molar-refractivity contribution in [2.75, 3.05) is 5.73 Å². The Morgan fingerprint density at radius 2 is 2.00 bits per heavy atom. The van der Waals surface area contributed by atoms with Crippen LogP contribution in [0, 0.1) is 0 Å². The Labute approximate surface area is 89.9 Å². The van der Waals surface area contributed by atoms with Gasteiger partial charge in [0, 0.05) is 15.8 Å². The van der Waals surface area contributed by atoms with Gasteiger partial charge in [-0.1, -0.05) is 11.6 Å². The lowest BCUT2D eigenvalue weighted by atomic mass is 9.80. The summed E-state index contributed by atoms with van der Waals surface area (Å²) in [7, 11) is -1.50. The van der Waals surface area contributed by atoms with Gasteiger partial charge in [0.2, 0.25) is 0 Å². The molecule has 3 nitrogen and oxygen atoms in total. The third-order valence-corrected chi connectivity index (χ3v) is 3.17. The first kappa shape index (κ1) is 9.80. The summed E-state index contributed by atoms with van der Waals surface area (Å²) in [6, 6.07) is 4.98. The molecule has 0 aliphatic rings. The molecule has 0 fully saturated rings. The van der Waals surface area contributed by atoms with Gasteiger partial charge in [-0.25, -0.2) is 0 Å².